The van der Waals surface area contributed by atoms with Crippen molar-refractivity contribution >= 4 is 46.1 Å². The molecule has 2 aromatic carbocycles. The molecule has 6 nitrogen and oxygen atoms in total. The second-order valence-electron chi connectivity index (χ2n) is 6.54. The zero-order valence-electron chi connectivity index (χ0n) is 16.6. The molecule has 1 amide bonds. The van der Waals surface area contributed by atoms with Crippen molar-refractivity contribution in [2.45, 2.75) is 20.4 Å². The predicted molar refractivity (Wildman–Crippen MR) is 117 cm³/mol. The van der Waals surface area contributed by atoms with Gasteiger partial charge in [-0.3, -0.25) is 9.59 Å². The van der Waals surface area contributed by atoms with Crippen molar-refractivity contribution in [1.29, 1.82) is 5.26 Å². The Hall–Kier alpha value is -3.56. The quantitative estimate of drug-likeness (QED) is 0.355. The van der Waals surface area contributed by atoms with E-state index < -0.39 is 5.91 Å². The number of para-hydroxylation sites is 1. The second-order valence-corrected chi connectivity index (χ2v) is 6.97. The van der Waals surface area contributed by atoms with Crippen molar-refractivity contribution in [2.24, 2.45) is 0 Å². The van der Waals surface area contributed by atoms with Crippen LogP contribution in [0.5, 0.6) is 0 Å². The van der Waals surface area contributed by atoms with Gasteiger partial charge in [0, 0.05) is 32.9 Å². The van der Waals surface area contributed by atoms with E-state index in [4.69, 9.17) is 16.3 Å². The van der Waals surface area contributed by atoms with Crippen LogP contribution in [0.1, 0.15) is 18.2 Å². The lowest BCUT2D eigenvalue weighted by Gasteiger charge is -2.08. The molecule has 7 heteroatoms. The van der Waals surface area contributed by atoms with E-state index in [1.54, 1.807) is 37.3 Å². The Morgan fingerprint density at radius 1 is 1.20 bits per heavy atom. The lowest BCUT2D eigenvalue weighted by Crippen LogP contribution is -2.14. The van der Waals surface area contributed by atoms with Crippen LogP contribution in [0, 0.1) is 18.3 Å². The van der Waals surface area contributed by atoms with Crippen LogP contribution in [-0.2, 0) is 20.9 Å². The number of hydrogen-bond acceptors (Lipinski definition) is 4. The van der Waals surface area contributed by atoms with Gasteiger partial charge in [-0.1, -0.05) is 29.8 Å². The highest BCUT2D eigenvalue weighted by molar-refractivity contribution is 6.30. The molecular weight excluding hydrogens is 402 g/mol. The number of aromatic nitrogens is 1. The number of nitrogens with zero attached hydrogens (tertiary/aromatic N) is 2. The number of halogens is 1. The van der Waals surface area contributed by atoms with E-state index in [-0.39, 0.29) is 18.1 Å². The number of amides is 1. The third-order valence-corrected chi connectivity index (χ3v) is 4.88. The van der Waals surface area contributed by atoms with Gasteiger partial charge in [0.15, 0.2) is 0 Å². The van der Waals surface area contributed by atoms with E-state index in [1.165, 1.54) is 0 Å². The minimum absolute atomic E-state index is 0.0485. The molecule has 0 radical (unpaired) electrons. The normalized spacial score (nSPS) is 11.2. The summed E-state index contributed by atoms with van der Waals surface area (Å²) in [6, 6.07) is 16.1. The number of carbonyl (C=O) groups is 2. The number of anilines is 1. The van der Waals surface area contributed by atoms with Gasteiger partial charge < -0.3 is 14.6 Å². The maximum Gasteiger partial charge on any atom is 0.325 e. The number of benzene rings is 2. The summed E-state index contributed by atoms with van der Waals surface area (Å²) in [6.07, 6.45) is 1.55. The molecule has 152 valence electrons. The van der Waals surface area contributed by atoms with Gasteiger partial charge >= 0.3 is 5.97 Å². The molecule has 3 aromatic rings. The molecule has 0 atom stereocenters. The lowest BCUT2D eigenvalue weighted by atomic mass is 10.1. The first kappa shape index (κ1) is 21.2. The van der Waals surface area contributed by atoms with Crippen molar-refractivity contribution in [1.82, 2.24) is 4.57 Å². The summed E-state index contributed by atoms with van der Waals surface area (Å²) in [7, 11) is 0. The number of nitrogens with one attached hydrogen (secondary N) is 1. The average molecular weight is 422 g/mol. The van der Waals surface area contributed by atoms with Gasteiger partial charge in [0.2, 0.25) is 0 Å². The molecule has 1 heterocycles. The first-order valence-corrected chi connectivity index (χ1v) is 9.74. The Kier molecular flexibility index (Phi) is 6.55. The van der Waals surface area contributed by atoms with E-state index in [0.717, 1.165) is 16.6 Å². The third kappa shape index (κ3) is 4.53. The highest BCUT2D eigenvalue weighted by atomic mass is 35.5. The molecule has 1 aromatic heterocycles. The highest BCUT2D eigenvalue weighted by Crippen LogP contribution is 2.28. The molecule has 0 bridgehead atoms. The Labute approximate surface area is 179 Å². The number of ether oxygens (including phenoxy) is 1. The molecule has 0 fully saturated rings. The molecule has 30 heavy (non-hydrogen) atoms. The molecular formula is C23H20ClN3O3. The minimum Gasteiger partial charge on any atom is -0.465 e. The van der Waals surface area contributed by atoms with Crippen LogP contribution in [0.3, 0.4) is 0 Å². The standard InChI is InChI=1S/C23H20ClN3O3/c1-3-30-22(28)14-27-15(2)20(19-6-4-5-7-21(19)27)12-16(13-25)23(29)26-18-10-8-17(24)9-11-18/h4-12H,3,14H2,1-2H3,(H,26,29)/b16-12+. The van der Waals surface area contributed by atoms with Crippen LogP contribution in [0.2, 0.25) is 5.02 Å². The van der Waals surface area contributed by atoms with Crippen LogP contribution < -0.4 is 5.32 Å². The summed E-state index contributed by atoms with van der Waals surface area (Å²) >= 11 is 5.86. The number of carbonyl (C=O) groups excluding carboxylic acids is 2. The SMILES string of the molecule is CCOC(=O)Cn1c(C)c(/C=C(\C#N)C(=O)Nc2ccc(Cl)cc2)c2ccccc21. The van der Waals surface area contributed by atoms with Crippen LogP contribution >= 0.6 is 11.6 Å². The van der Waals surface area contributed by atoms with E-state index in [9.17, 15) is 14.9 Å². The number of hydrogen-bond donors (Lipinski definition) is 1. The summed E-state index contributed by atoms with van der Waals surface area (Å²) in [5.41, 5.74) is 2.78. The fourth-order valence-corrected chi connectivity index (χ4v) is 3.33. The van der Waals surface area contributed by atoms with E-state index in [2.05, 4.69) is 5.32 Å². The van der Waals surface area contributed by atoms with Crippen molar-refractivity contribution in [3.8, 4) is 6.07 Å². The summed E-state index contributed by atoms with van der Waals surface area (Å²) in [6.45, 7) is 3.95. The predicted octanol–water partition coefficient (Wildman–Crippen LogP) is 4.71. The van der Waals surface area contributed by atoms with Gasteiger partial charge in [0.05, 0.1) is 6.61 Å². The summed E-state index contributed by atoms with van der Waals surface area (Å²) < 4.78 is 6.90. The minimum atomic E-state index is -0.526. The molecule has 3 rings (SSSR count). The smallest absolute Gasteiger partial charge is 0.325 e. The average Bonchev–Trinajstić information content (AvgIpc) is 2.99. The zero-order valence-corrected chi connectivity index (χ0v) is 17.4. The maximum absolute atomic E-state index is 12.6. The summed E-state index contributed by atoms with van der Waals surface area (Å²) in [5, 5.41) is 13.7. The first-order chi connectivity index (χ1) is 14.4. The number of rotatable bonds is 6. The van der Waals surface area contributed by atoms with E-state index in [1.807, 2.05) is 41.8 Å². The molecule has 0 aliphatic rings. The Balaban J connectivity index is 2.00. The van der Waals surface area contributed by atoms with Gasteiger partial charge in [-0.05, 0) is 50.3 Å². The summed E-state index contributed by atoms with van der Waals surface area (Å²) in [5.74, 6) is -0.876. The summed E-state index contributed by atoms with van der Waals surface area (Å²) in [4.78, 5) is 24.7. The van der Waals surface area contributed by atoms with Crippen LogP contribution in [0.25, 0.3) is 17.0 Å². The third-order valence-electron chi connectivity index (χ3n) is 4.63. The fourth-order valence-electron chi connectivity index (χ4n) is 3.20. The highest BCUT2D eigenvalue weighted by Gasteiger charge is 2.17. The van der Waals surface area contributed by atoms with E-state index in [0.29, 0.717) is 22.9 Å². The molecule has 0 unspecified atom stereocenters. The molecule has 0 saturated carbocycles. The number of nitriles is 1. The van der Waals surface area contributed by atoms with Crippen molar-refractivity contribution in [3.05, 3.63) is 70.4 Å². The Morgan fingerprint density at radius 3 is 2.57 bits per heavy atom. The van der Waals surface area contributed by atoms with Crippen molar-refractivity contribution in [3.63, 3.8) is 0 Å². The van der Waals surface area contributed by atoms with Gasteiger partial charge in [0.25, 0.3) is 5.91 Å². The van der Waals surface area contributed by atoms with Crippen molar-refractivity contribution < 1.29 is 14.3 Å². The topological polar surface area (TPSA) is 84.1 Å². The largest absolute Gasteiger partial charge is 0.465 e. The molecule has 0 saturated heterocycles. The van der Waals surface area contributed by atoms with Crippen LogP contribution in [0.15, 0.2) is 54.1 Å². The Bertz CT molecular complexity index is 1170. The first-order valence-electron chi connectivity index (χ1n) is 9.36. The maximum atomic E-state index is 12.6. The van der Waals surface area contributed by atoms with E-state index >= 15 is 0 Å². The molecule has 0 aliphatic carbocycles. The molecule has 0 spiro atoms. The lowest BCUT2D eigenvalue weighted by molar-refractivity contribution is -0.143. The number of fused-ring (bicyclic) bond motifs is 1. The van der Waals surface area contributed by atoms with Crippen molar-refractivity contribution in [2.75, 3.05) is 11.9 Å². The zero-order chi connectivity index (χ0) is 21.7. The molecule has 1 N–H and O–H groups in total. The number of esters is 1. The second kappa shape index (κ2) is 9.29. The Morgan fingerprint density at radius 2 is 1.90 bits per heavy atom. The monoisotopic (exact) mass is 421 g/mol. The van der Waals surface area contributed by atoms with Crippen LogP contribution in [-0.4, -0.2) is 23.1 Å². The van der Waals surface area contributed by atoms with Gasteiger partial charge in [-0.2, -0.15) is 5.26 Å². The molecule has 0 aliphatic heterocycles. The van der Waals surface area contributed by atoms with Crippen LogP contribution in [0.4, 0.5) is 5.69 Å². The van der Waals surface area contributed by atoms with Gasteiger partial charge in [-0.15, -0.1) is 0 Å². The fraction of sp³-hybridized carbons (Fsp3) is 0.174. The van der Waals surface area contributed by atoms with Gasteiger partial charge in [0.1, 0.15) is 18.2 Å². The van der Waals surface area contributed by atoms with Gasteiger partial charge in [-0.25, -0.2) is 0 Å².